The average Bonchev–Trinajstić information content (AvgIpc) is 2.19. The fourth-order valence-corrected chi connectivity index (χ4v) is 1.47. The molecule has 0 fully saturated rings. The minimum Gasteiger partial charge on any atom is -0.398 e. The van der Waals surface area contributed by atoms with Crippen molar-refractivity contribution >= 4 is 29.3 Å². The number of nitrogens with one attached hydrogen (secondary N) is 1. The molecule has 0 spiro atoms. The Labute approximate surface area is 100 Å². The van der Waals surface area contributed by atoms with Gasteiger partial charge in [-0.3, -0.25) is 4.79 Å². The van der Waals surface area contributed by atoms with Gasteiger partial charge in [0.05, 0.1) is 0 Å². The first-order valence-corrected chi connectivity index (χ1v) is 5.35. The van der Waals surface area contributed by atoms with Gasteiger partial charge < -0.3 is 11.1 Å². The summed E-state index contributed by atoms with van der Waals surface area (Å²) in [5, 5.41) is 3.28. The third-order valence-corrected chi connectivity index (χ3v) is 2.48. The summed E-state index contributed by atoms with van der Waals surface area (Å²) in [5.74, 6) is -0.0516. The minimum atomic E-state index is -0.0516. The summed E-state index contributed by atoms with van der Waals surface area (Å²) in [6, 6.07) is 3.65. The van der Waals surface area contributed by atoms with E-state index in [9.17, 15) is 4.79 Å². The number of carbonyl (C=O) groups is 1. The molecule has 1 aromatic carbocycles. The first kappa shape index (κ1) is 12.6. The molecule has 0 unspecified atom stereocenters. The lowest BCUT2D eigenvalue weighted by atomic mass is 10.1. The maximum Gasteiger partial charge on any atom is 0.217 e. The van der Waals surface area contributed by atoms with Crippen LogP contribution in [0, 0.1) is 6.92 Å². The number of nitrogens with two attached hydrogens (primary N) is 1. The number of anilines is 1. The Morgan fingerprint density at radius 3 is 2.88 bits per heavy atom. The number of benzene rings is 1. The summed E-state index contributed by atoms with van der Waals surface area (Å²) in [6.45, 7) is 3.90. The van der Waals surface area contributed by atoms with Crippen molar-refractivity contribution in [1.29, 1.82) is 0 Å². The standard InChI is InChI=1S/C12H15ClN2O/c1-8-6-10(11(13)7-12(8)14)4-3-5-15-9(2)16/h3-4,6-7H,5,14H2,1-2H3,(H,15,16). The van der Waals surface area contributed by atoms with Gasteiger partial charge in [0.25, 0.3) is 0 Å². The number of rotatable bonds is 3. The van der Waals surface area contributed by atoms with Crippen molar-refractivity contribution in [3.05, 3.63) is 34.4 Å². The van der Waals surface area contributed by atoms with Crippen LogP contribution in [0.4, 0.5) is 5.69 Å². The van der Waals surface area contributed by atoms with Crippen LogP contribution in [0.5, 0.6) is 0 Å². The number of aryl methyl sites for hydroxylation is 1. The molecule has 3 nitrogen and oxygen atoms in total. The summed E-state index contributed by atoms with van der Waals surface area (Å²) in [5.41, 5.74) is 8.29. The molecule has 16 heavy (non-hydrogen) atoms. The van der Waals surface area contributed by atoms with Crippen molar-refractivity contribution < 1.29 is 4.79 Å². The maximum atomic E-state index is 10.6. The smallest absolute Gasteiger partial charge is 0.217 e. The molecule has 4 heteroatoms. The van der Waals surface area contributed by atoms with E-state index in [1.807, 2.05) is 25.1 Å². The zero-order chi connectivity index (χ0) is 12.1. The van der Waals surface area contributed by atoms with Gasteiger partial charge >= 0.3 is 0 Å². The zero-order valence-corrected chi connectivity index (χ0v) is 10.1. The number of amides is 1. The van der Waals surface area contributed by atoms with Crippen LogP contribution in [0.25, 0.3) is 6.08 Å². The first-order chi connectivity index (χ1) is 7.50. The quantitative estimate of drug-likeness (QED) is 0.795. The molecule has 1 aromatic rings. The van der Waals surface area contributed by atoms with Gasteiger partial charge in [-0.2, -0.15) is 0 Å². The Bertz CT molecular complexity index is 427. The van der Waals surface area contributed by atoms with Crippen molar-refractivity contribution in [2.75, 3.05) is 12.3 Å². The van der Waals surface area contributed by atoms with Gasteiger partial charge in [-0.25, -0.2) is 0 Å². The van der Waals surface area contributed by atoms with Crippen LogP contribution in [0.1, 0.15) is 18.1 Å². The van der Waals surface area contributed by atoms with E-state index in [0.717, 1.165) is 11.1 Å². The number of hydrogen-bond acceptors (Lipinski definition) is 2. The molecule has 0 aromatic heterocycles. The summed E-state index contributed by atoms with van der Waals surface area (Å²) in [4.78, 5) is 10.6. The summed E-state index contributed by atoms with van der Waals surface area (Å²) >= 11 is 6.02. The summed E-state index contributed by atoms with van der Waals surface area (Å²) in [6.07, 6.45) is 3.71. The molecular formula is C12H15ClN2O. The molecule has 86 valence electrons. The number of hydrogen-bond donors (Lipinski definition) is 2. The minimum absolute atomic E-state index is 0.0516. The van der Waals surface area contributed by atoms with Gasteiger partial charge in [-0.15, -0.1) is 0 Å². The Hall–Kier alpha value is -1.48. The lowest BCUT2D eigenvalue weighted by Crippen LogP contribution is -2.19. The van der Waals surface area contributed by atoms with Crippen LogP contribution >= 0.6 is 11.6 Å². The molecular weight excluding hydrogens is 224 g/mol. The molecule has 0 saturated heterocycles. The highest BCUT2D eigenvalue weighted by Gasteiger charge is 2.00. The third-order valence-electron chi connectivity index (χ3n) is 2.15. The predicted octanol–water partition coefficient (Wildman–Crippen LogP) is 2.38. The fourth-order valence-electron chi connectivity index (χ4n) is 1.24. The van der Waals surface area contributed by atoms with Crippen LogP contribution in [-0.4, -0.2) is 12.5 Å². The van der Waals surface area contributed by atoms with Crippen molar-refractivity contribution in [3.63, 3.8) is 0 Å². The Balaban J connectivity index is 2.73. The molecule has 0 bridgehead atoms. The molecule has 0 atom stereocenters. The molecule has 0 aliphatic carbocycles. The van der Waals surface area contributed by atoms with Crippen LogP contribution in [0.15, 0.2) is 18.2 Å². The van der Waals surface area contributed by atoms with Gasteiger partial charge in [-0.1, -0.05) is 23.8 Å². The van der Waals surface area contributed by atoms with Crippen LogP contribution in [0.2, 0.25) is 5.02 Å². The largest absolute Gasteiger partial charge is 0.398 e. The summed E-state index contributed by atoms with van der Waals surface area (Å²) in [7, 11) is 0. The van der Waals surface area contributed by atoms with Gasteiger partial charge in [0, 0.05) is 24.2 Å². The SMILES string of the molecule is CC(=O)NCC=Cc1cc(C)c(N)cc1Cl. The van der Waals surface area contributed by atoms with Gasteiger partial charge in [0.2, 0.25) is 5.91 Å². The highest BCUT2D eigenvalue weighted by Crippen LogP contribution is 2.23. The van der Waals surface area contributed by atoms with E-state index in [4.69, 9.17) is 17.3 Å². The number of carbonyl (C=O) groups excluding carboxylic acids is 1. The average molecular weight is 239 g/mol. The van der Waals surface area contributed by atoms with Crippen molar-refractivity contribution in [3.8, 4) is 0 Å². The van der Waals surface area contributed by atoms with Gasteiger partial charge in [0.1, 0.15) is 0 Å². The van der Waals surface area contributed by atoms with Crippen LogP contribution in [-0.2, 0) is 4.79 Å². The molecule has 0 saturated carbocycles. The van der Waals surface area contributed by atoms with Crippen LogP contribution in [0.3, 0.4) is 0 Å². The second-order valence-electron chi connectivity index (χ2n) is 3.57. The van der Waals surface area contributed by atoms with E-state index in [1.54, 1.807) is 6.07 Å². The van der Waals surface area contributed by atoms with Crippen molar-refractivity contribution in [1.82, 2.24) is 5.32 Å². The fraction of sp³-hybridized carbons (Fsp3) is 0.250. The van der Waals surface area contributed by atoms with E-state index in [1.165, 1.54) is 6.92 Å². The lowest BCUT2D eigenvalue weighted by Gasteiger charge is -2.04. The summed E-state index contributed by atoms with van der Waals surface area (Å²) < 4.78 is 0. The number of halogens is 1. The zero-order valence-electron chi connectivity index (χ0n) is 9.38. The molecule has 0 aliphatic rings. The second-order valence-corrected chi connectivity index (χ2v) is 3.98. The molecule has 1 rings (SSSR count). The highest BCUT2D eigenvalue weighted by molar-refractivity contribution is 6.32. The third kappa shape index (κ3) is 3.59. The van der Waals surface area contributed by atoms with Crippen molar-refractivity contribution in [2.24, 2.45) is 0 Å². The maximum absolute atomic E-state index is 10.6. The molecule has 3 N–H and O–H groups in total. The Morgan fingerprint density at radius 2 is 2.25 bits per heavy atom. The monoisotopic (exact) mass is 238 g/mol. The highest BCUT2D eigenvalue weighted by atomic mass is 35.5. The first-order valence-electron chi connectivity index (χ1n) is 4.97. The van der Waals surface area contributed by atoms with E-state index in [2.05, 4.69) is 5.32 Å². The molecule has 0 heterocycles. The van der Waals surface area contributed by atoms with Gasteiger partial charge in [0.15, 0.2) is 0 Å². The Morgan fingerprint density at radius 1 is 1.56 bits per heavy atom. The second kappa shape index (κ2) is 5.56. The van der Waals surface area contributed by atoms with E-state index < -0.39 is 0 Å². The number of nitrogen functional groups attached to an aromatic ring is 1. The lowest BCUT2D eigenvalue weighted by molar-refractivity contribution is -0.118. The Kier molecular flexibility index (Phi) is 4.38. The topological polar surface area (TPSA) is 55.1 Å². The van der Waals surface area contributed by atoms with Gasteiger partial charge in [-0.05, 0) is 30.2 Å². The van der Waals surface area contributed by atoms with E-state index >= 15 is 0 Å². The molecule has 0 radical (unpaired) electrons. The van der Waals surface area contributed by atoms with Crippen LogP contribution < -0.4 is 11.1 Å². The van der Waals surface area contributed by atoms with E-state index in [0.29, 0.717) is 17.3 Å². The normalized spacial score (nSPS) is 10.7. The van der Waals surface area contributed by atoms with E-state index in [-0.39, 0.29) is 5.91 Å². The molecule has 1 amide bonds. The predicted molar refractivity (Wildman–Crippen MR) is 68.3 cm³/mol. The molecule has 0 aliphatic heterocycles. The van der Waals surface area contributed by atoms with Crippen molar-refractivity contribution in [2.45, 2.75) is 13.8 Å².